The summed E-state index contributed by atoms with van der Waals surface area (Å²) in [4.78, 5) is 20.2. The predicted molar refractivity (Wildman–Crippen MR) is 192 cm³/mol. The molecular formula is C41H26N4S2. The number of aromatic nitrogens is 4. The molecule has 0 N–H and O–H groups in total. The second kappa shape index (κ2) is 11.4. The Balaban J connectivity index is 1.24. The van der Waals surface area contributed by atoms with Crippen molar-refractivity contribution < 1.29 is 0 Å². The first kappa shape index (κ1) is 27.7. The Bertz CT molecular complexity index is 2150. The standard InChI is InChI=1S/C41H26N4S2/c1-3-7-31(8-4-1)41(32-9-5-2-6-10-32)35-19-27(29-13-17-37(44-21-29)39-23-42-25-46-39)11-15-33(35)34-16-12-28(20-36(34)41)30-14-18-38(45-22-30)40-24-43-26-47-40/h1-26H. The predicted octanol–water partition coefficient (Wildman–Crippen LogP) is 10.4. The van der Waals surface area contributed by atoms with Gasteiger partial charge in [0.1, 0.15) is 0 Å². The van der Waals surface area contributed by atoms with Gasteiger partial charge >= 0.3 is 0 Å². The summed E-state index contributed by atoms with van der Waals surface area (Å²) in [6.45, 7) is 0. The zero-order chi connectivity index (χ0) is 31.2. The van der Waals surface area contributed by atoms with Gasteiger partial charge in [0, 0.05) is 35.9 Å². The molecule has 0 fully saturated rings. The average Bonchev–Trinajstić information content (AvgIpc) is 3.93. The highest BCUT2D eigenvalue weighted by Crippen LogP contribution is 2.57. The van der Waals surface area contributed by atoms with E-state index in [-0.39, 0.29) is 0 Å². The summed E-state index contributed by atoms with van der Waals surface area (Å²) in [7, 11) is 0. The van der Waals surface area contributed by atoms with E-state index in [2.05, 4.69) is 131 Å². The second-order valence-corrected chi connectivity index (χ2v) is 13.4. The quantitative estimate of drug-likeness (QED) is 0.182. The highest BCUT2D eigenvalue weighted by Gasteiger charge is 2.46. The molecule has 9 rings (SSSR count). The monoisotopic (exact) mass is 638 g/mol. The molecule has 0 bridgehead atoms. The van der Waals surface area contributed by atoms with E-state index in [9.17, 15) is 0 Å². The van der Waals surface area contributed by atoms with Crippen LogP contribution in [-0.4, -0.2) is 19.9 Å². The molecule has 1 aliphatic rings. The fourth-order valence-electron chi connectivity index (χ4n) is 6.95. The maximum Gasteiger partial charge on any atom is 0.0818 e. The zero-order valence-corrected chi connectivity index (χ0v) is 26.7. The van der Waals surface area contributed by atoms with Gasteiger partial charge in [-0.15, -0.1) is 22.7 Å². The van der Waals surface area contributed by atoms with Crippen molar-refractivity contribution in [2.24, 2.45) is 0 Å². The Hall–Kier alpha value is -5.56. The molecule has 8 aromatic rings. The van der Waals surface area contributed by atoms with Gasteiger partial charge in [-0.2, -0.15) is 0 Å². The largest absolute Gasteiger partial charge is 0.255 e. The first-order valence-corrected chi connectivity index (χ1v) is 17.2. The molecule has 0 unspecified atom stereocenters. The molecule has 0 spiro atoms. The number of hydrogen-bond donors (Lipinski definition) is 0. The second-order valence-electron chi connectivity index (χ2n) is 11.6. The Kier molecular flexibility index (Phi) is 6.70. The van der Waals surface area contributed by atoms with E-state index in [0.29, 0.717) is 0 Å². The van der Waals surface area contributed by atoms with Crippen LogP contribution < -0.4 is 0 Å². The van der Waals surface area contributed by atoms with Crippen molar-refractivity contribution in [3.05, 3.63) is 179 Å². The van der Waals surface area contributed by atoms with Gasteiger partial charge in [-0.25, -0.2) is 0 Å². The van der Waals surface area contributed by atoms with E-state index < -0.39 is 5.41 Å². The summed E-state index contributed by atoms with van der Waals surface area (Å²) in [5.41, 5.74) is 17.0. The van der Waals surface area contributed by atoms with Crippen molar-refractivity contribution in [1.29, 1.82) is 0 Å². The van der Waals surface area contributed by atoms with Crippen LogP contribution in [0.2, 0.25) is 0 Å². The maximum atomic E-state index is 4.81. The number of pyridine rings is 2. The van der Waals surface area contributed by atoms with Crippen LogP contribution in [0.4, 0.5) is 0 Å². The minimum absolute atomic E-state index is 0.523. The smallest absolute Gasteiger partial charge is 0.0818 e. The van der Waals surface area contributed by atoms with E-state index >= 15 is 0 Å². The molecule has 6 heteroatoms. The van der Waals surface area contributed by atoms with Crippen molar-refractivity contribution in [3.63, 3.8) is 0 Å². The SMILES string of the molecule is c1ccc(C2(c3ccccc3)c3cc(-c4ccc(-c5cncs5)nc4)ccc3-c3ccc(-c4ccc(-c5cncs5)nc4)cc32)cc1. The van der Waals surface area contributed by atoms with Gasteiger partial charge < -0.3 is 0 Å². The summed E-state index contributed by atoms with van der Waals surface area (Å²) in [6.07, 6.45) is 7.69. The first-order chi connectivity index (χ1) is 23.3. The fraction of sp³-hybridized carbons (Fsp3) is 0.0244. The molecule has 0 amide bonds. The molecule has 0 radical (unpaired) electrons. The van der Waals surface area contributed by atoms with Gasteiger partial charge in [-0.05, 0) is 68.8 Å². The van der Waals surface area contributed by atoms with Crippen LogP contribution >= 0.6 is 22.7 Å². The lowest BCUT2D eigenvalue weighted by Gasteiger charge is -2.34. The molecule has 4 nitrogen and oxygen atoms in total. The first-order valence-electron chi connectivity index (χ1n) is 15.4. The number of fused-ring (bicyclic) bond motifs is 3. The van der Waals surface area contributed by atoms with E-state index in [4.69, 9.17) is 9.97 Å². The van der Waals surface area contributed by atoms with Crippen LogP contribution in [0.15, 0.2) is 157 Å². The molecule has 4 aromatic heterocycles. The third-order valence-corrected chi connectivity index (χ3v) is 10.7. The molecule has 0 saturated heterocycles. The van der Waals surface area contributed by atoms with Crippen LogP contribution in [0.3, 0.4) is 0 Å². The number of benzene rings is 4. The summed E-state index contributed by atoms with van der Waals surface area (Å²) in [5.74, 6) is 0. The van der Waals surface area contributed by atoms with Crippen LogP contribution in [0.5, 0.6) is 0 Å². The summed E-state index contributed by atoms with van der Waals surface area (Å²) in [5, 5.41) is 0. The van der Waals surface area contributed by atoms with Crippen molar-refractivity contribution >= 4 is 22.7 Å². The number of nitrogens with zero attached hydrogens (tertiary/aromatic N) is 4. The van der Waals surface area contributed by atoms with Gasteiger partial charge in [0.05, 0.1) is 37.6 Å². The molecular weight excluding hydrogens is 613 g/mol. The normalized spacial score (nSPS) is 12.9. The van der Waals surface area contributed by atoms with E-state index in [1.54, 1.807) is 22.7 Å². The lowest BCUT2D eigenvalue weighted by molar-refractivity contribution is 0.769. The fourth-order valence-corrected chi connectivity index (χ4v) is 8.15. The Morgan fingerprint density at radius 2 is 0.872 bits per heavy atom. The lowest BCUT2D eigenvalue weighted by atomic mass is 9.67. The average molecular weight is 639 g/mol. The van der Waals surface area contributed by atoms with Crippen molar-refractivity contribution in [1.82, 2.24) is 19.9 Å². The number of rotatable bonds is 6. The van der Waals surface area contributed by atoms with Gasteiger partial charge in [-0.1, -0.05) is 97.1 Å². The van der Waals surface area contributed by atoms with Gasteiger partial charge in [0.25, 0.3) is 0 Å². The van der Waals surface area contributed by atoms with Crippen LogP contribution in [0, 0.1) is 0 Å². The summed E-state index contributed by atoms with van der Waals surface area (Å²) in [6, 6.07) is 44.2. The molecule has 0 saturated carbocycles. The number of thiazole rings is 2. The van der Waals surface area contributed by atoms with Crippen molar-refractivity contribution in [2.45, 2.75) is 5.41 Å². The van der Waals surface area contributed by atoms with Crippen LogP contribution in [0.25, 0.3) is 54.5 Å². The van der Waals surface area contributed by atoms with Crippen LogP contribution in [0.1, 0.15) is 22.3 Å². The lowest BCUT2D eigenvalue weighted by Crippen LogP contribution is -2.28. The summed E-state index contributed by atoms with van der Waals surface area (Å²) >= 11 is 3.20. The van der Waals surface area contributed by atoms with Crippen molar-refractivity contribution in [3.8, 4) is 54.5 Å². The Morgan fingerprint density at radius 1 is 0.426 bits per heavy atom. The third-order valence-electron chi connectivity index (χ3n) is 9.11. The molecule has 1 aliphatic carbocycles. The summed E-state index contributed by atoms with van der Waals surface area (Å²) < 4.78 is 0. The van der Waals surface area contributed by atoms with Gasteiger partial charge in [-0.3, -0.25) is 19.9 Å². The van der Waals surface area contributed by atoms with E-state index in [1.165, 1.54) is 33.4 Å². The number of hydrogen-bond acceptors (Lipinski definition) is 6. The van der Waals surface area contributed by atoms with Crippen molar-refractivity contribution in [2.75, 3.05) is 0 Å². The molecule has 0 aliphatic heterocycles. The third kappa shape index (κ3) is 4.56. The topological polar surface area (TPSA) is 51.6 Å². The molecule has 222 valence electrons. The minimum atomic E-state index is -0.523. The van der Waals surface area contributed by atoms with E-state index in [0.717, 1.165) is 43.4 Å². The minimum Gasteiger partial charge on any atom is -0.255 e. The Morgan fingerprint density at radius 3 is 1.26 bits per heavy atom. The highest BCUT2D eigenvalue weighted by atomic mass is 32.1. The molecule has 47 heavy (non-hydrogen) atoms. The molecule has 0 atom stereocenters. The van der Waals surface area contributed by atoms with Crippen LogP contribution in [-0.2, 0) is 5.41 Å². The zero-order valence-electron chi connectivity index (χ0n) is 25.1. The molecule has 4 aromatic carbocycles. The van der Waals surface area contributed by atoms with Gasteiger partial charge in [0.2, 0.25) is 0 Å². The maximum absolute atomic E-state index is 4.81. The Labute approximate surface area is 280 Å². The van der Waals surface area contributed by atoms with Gasteiger partial charge in [0.15, 0.2) is 0 Å². The molecule has 4 heterocycles. The highest BCUT2D eigenvalue weighted by molar-refractivity contribution is 7.13. The van der Waals surface area contributed by atoms with E-state index in [1.807, 2.05) is 35.8 Å².